The summed E-state index contributed by atoms with van der Waals surface area (Å²) in [5.74, 6) is 3.59. The zero-order valence-corrected chi connectivity index (χ0v) is 9.64. The molecule has 1 nitrogen and oxygen atoms in total. The van der Waals surface area contributed by atoms with Crippen molar-refractivity contribution in [2.45, 2.75) is 40.5 Å². The molecular formula is C12H25N. The van der Waals surface area contributed by atoms with Crippen molar-refractivity contribution in [2.24, 2.45) is 23.7 Å². The predicted molar refractivity (Wildman–Crippen MR) is 58.8 cm³/mol. The Morgan fingerprint density at radius 1 is 1.00 bits per heavy atom. The fraction of sp³-hybridized carbons (Fsp3) is 1.00. The lowest BCUT2D eigenvalue weighted by atomic mass is 9.75. The van der Waals surface area contributed by atoms with Crippen LogP contribution in [0.5, 0.6) is 0 Å². The molecule has 0 bridgehead atoms. The van der Waals surface area contributed by atoms with Gasteiger partial charge in [-0.05, 0) is 49.6 Å². The zero-order chi connectivity index (χ0) is 9.84. The van der Waals surface area contributed by atoms with Crippen molar-refractivity contribution in [2.75, 3.05) is 13.1 Å². The fourth-order valence-corrected chi connectivity index (χ4v) is 2.41. The molecule has 1 fully saturated rings. The fourth-order valence-electron chi connectivity index (χ4n) is 2.41. The first-order valence-corrected chi connectivity index (χ1v) is 5.83. The van der Waals surface area contributed by atoms with Crippen LogP contribution in [0.15, 0.2) is 0 Å². The van der Waals surface area contributed by atoms with Crippen molar-refractivity contribution in [1.82, 2.24) is 5.32 Å². The molecule has 0 spiro atoms. The van der Waals surface area contributed by atoms with Crippen molar-refractivity contribution in [1.29, 1.82) is 0 Å². The lowest BCUT2D eigenvalue weighted by Gasteiger charge is -2.33. The van der Waals surface area contributed by atoms with Crippen LogP contribution < -0.4 is 5.32 Å². The van der Waals surface area contributed by atoms with E-state index in [1.807, 2.05) is 0 Å². The topological polar surface area (TPSA) is 12.0 Å². The number of piperidine rings is 1. The highest BCUT2D eigenvalue weighted by molar-refractivity contribution is 4.77. The van der Waals surface area contributed by atoms with E-state index in [4.69, 9.17) is 0 Å². The first kappa shape index (κ1) is 11.0. The molecule has 0 aromatic heterocycles. The van der Waals surface area contributed by atoms with E-state index in [1.165, 1.54) is 25.9 Å². The third-order valence-electron chi connectivity index (χ3n) is 4.01. The minimum absolute atomic E-state index is 0.838. The van der Waals surface area contributed by atoms with Gasteiger partial charge in [0.15, 0.2) is 0 Å². The number of hydrogen-bond acceptors (Lipinski definition) is 1. The van der Waals surface area contributed by atoms with E-state index in [2.05, 4.69) is 33.0 Å². The Balaban J connectivity index is 2.40. The molecule has 1 heterocycles. The van der Waals surface area contributed by atoms with E-state index in [-0.39, 0.29) is 0 Å². The Bertz CT molecular complexity index is 136. The normalized spacial score (nSPS) is 24.7. The summed E-state index contributed by atoms with van der Waals surface area (Å²) < 4.78 is 0. The van der Waals surface area contributed by atoms with Gasteiger partial charge >= 0.3 is 0 Å². The average Bonchev–Trinajstić information content (AvgIpc) is 2.17. The molecule has 1 aliphatic heterocycles. The van der Waals surface area contributed by atoms with Gasteiger partial charge in [-0.3, -0.25) is 0 Å². The maximum absolute atomic E-state index is 3.44. The van der Waals surface area contributed by atoms with Gasteiger partial charge in [-0.2, -0.15) is 0 Å². The number of nitrogens with one attached hydrogen (secondary N) is 1. The largest absolute Gasteiger partial charge is 0.317 e. The molecule has 1 N–H and O–H groups in total. The quantitative estimate of drug-likeness (QED) is 0.709. The molecule has 0 radical (unpaired) electrons. The van der Waals surface area contributed by atoms with Crippen LogP contribution in [0.1, 0.15) is 40.5 Å². The predicted octanol–water partition coefficient (Wildman–Crippen LogP) is 2.91. The zero-order valence-electron chi connectivity index (χ0n) is 9.64. The van der Waals surface area contributed by atoms with Gasteiger partial charge in [-0.15, -0.1) is 0 Å². The van der Waals surface area contributed by atoms with Crippen LogP contribution in [-0.2, 0) is 0 Å². The van der Waals surface area contributed by atoms with Crippen LogP contribution in [0.2, 0.25) is 0 Å². The Morgan fingerprint density at radius 3 is 2.00 bits per heavy atom. The van der Waals surface area contributed by atoms with Gasteiger partial charge in [0.25, 0.3) is 0 Å². The first-order chi connectivity index (χ1) is 6.13. The summed E-state index contributed by atoms with van der Waals surface area (Å²) in [7, 11) is 0. The van der Waals surface area contributed by atoms with Crippen molar-refractivity contribution in [3.05, 3.63) is 0 Å². The third kappa shape index (κ3) is 2.98. The van der Waals surface area contributed by atoms with Crippen LogP contribution in [0.25, 0.3) is 0 Å². The highest BCUT2D eigenvalue weighted by Crippen LogP contribution is 2.31. The molecule has 2 atom stereocenters. The standard InChI is InChI=1S/C12H25N/c1-9(2)10(3)11(4)12-5-7-13-8-6-12/h9-13H,5-8H2,1-4H3. The van der Waals surface area contributed by atoms with Gasteiger partial charge in [0.1, 0.15) is 0 Å². The molecule has 1 heteroatoms. The molecule has 0 aliphatic carbocycles. The second-order valence-corrected chi connectivity index (χ2v) is 5.05. The molecule has 2 unspecified atom stereocenters. The maximum atomic E-state index is 3.44. The lowest BCUT2D eigenvalue weighted by molar-refractivity contribution is 0.177. The average molecular weight is 183 g/mol. The summed E-state index contributed by atoms with van der Waals surface area (Å²) in [6.07, 6.45) is 2.77. The van der Waals surface area contributed by atoms with Gasteiger partial charge in [0, 0.05) is 0 Å². The third-order valence-corrected chi connectivity index (χ3v) is 4.01. The van der Waals surface area contributed by atoms with Gasteiger partial charge in [-0.25, -0.2) is 0 Å². The second kappa shape index (κ2) is 4.99. The molecule has 13 heavy (non-hydrogen) atoms. The van der Waals surface area contributed by atoms with Crippen LogP contribution in [-0.4, -0.2) is 13.1 Å². The molecule has 1 aliphatic rings. The summed E-state index contributed by atoms with van der Waals surface area (Å²) in [6, 6.07) is 0. The summed E-state index contributed by atoms with van der Waals surface area (Å²) in [6.45, 7) is 12.0. The summed E-state index contributed by atoms with van der Waals surface area (Å²) in [4.78, 5) is 0. The minimum atomic E-state index is 0.838. The van der Waals surface area contributed by atoms with E-state index < -0.39 is 0 Å². The molecule has 1 saturated heterocycles. The first-order valence-electron chi connectivity index (χ1n) is 5.83. The molecule has 0 aromatic rings. The Hall–Kier alpha value is -0.0400. The van der Waals surface area contributed by atoms with Crippen LogP contribution in [0.3, 0.4) is 0 Å². The molecule has 1 rings (SSSR count). The SMILES string of the molecule is CC(C)C(C)C(C)C1CCNCC1. The van der Waals surface area contributed by atoms with Gasteiger partial charge in [0.2, 0.25) is 0 Å². The highest BCUT2D eigenvalue weighted by atomic mass is 14.9. The van der Waals surface area contributed by atoms with Crippen LogP contribution >= 0.6 is 0 Å². The monoisotopic (exact) mass is 183 g/mol. The van der Waals surface area contributed by atoms with Crippen molar-refractivity contribution < 1.29 is 0 Å². The van der Waals surface area contributed by atoms with E-state index in [0.29, 0.717) is 0 Å². The van der Waals surface area contributed by atoms with E-state index >= 15 is 0 Å². The van der Waals surface area contributed by atoms with Gasteiger partial charge in [-0.1, -0.05) is 27.7 Å². The van der Waals surface area contributed by atoms with Crippen molar-refractivity contribution in [3.8, 4) is 0 Å². The highest BCUT2D eigenvalue weighted by Gasteiger charge is 2.25. The summed E-state index contributed by atoms with van der Waals surface area (Å²) in [5, 5.41) is 3.44. The molecule has 0 aromatic carbocycles. The summed E-state index contributed by atoms with van der Waals surface area (Å²) in [5.41, 5.74) is 0. The molecular weight excluding hydrogens is 158 g/mol. The lowest BCUT2D eigenvalue weighted by Crippen LogP contribution is -2.33. The van der Waals surface area contributed by atoms with Crippen molar-refractivity contribution in [3.63, 3.8) is 0 Å². The maximum Gasteiger partial charge on any atom is -0.00462 e. The molecule has 0 saturated carbocycles. The van der Waals surface area contributed by atoms with E-state index in [9.17, 15) is 0 Å². The van der Waals surface area contributed by atoms with Gasteiger partial charge < -0.3 is 5.32 Å². The molecule has 0 amide bonds. The Labute approximate surface area is 83.3 Å². The van der Waals surface area contributed by atoms with Crippen LogP contribution in [0, 0.1) is 23.7 Å². The minimum Gasteiger partial charge on any atom is -0.317 e. The number of hydrogen-bond donors (Lipinski definition) is 1. The molecule has 78 valence electrons. The van der Waals surface area contributed by atoms with Gasteiger partial charge in [0.05, 0.1) is 0 Å². The number of rotatable bonds is 3. The van der Waals surface area contributed by atoms with Crippen molar-refractivity contribution >= 4 is 0 Å². The Kier molecular flexibility index (Phi) is 4.24. The van der Waals surface area contributed by atoms with Crippen LogP contribution in [0.4, 0.5) is 0 Å². The van der Waals surface area contributed by atoms with E-state index in [1.54, 1.807) is 0 Å². The Morgan fingerprint density at radius 2 is 1.54 bits per heavy atom. The van der Waals surface area contributed by atoms with E-state index in [0.717, 1.165) is 23.7 Å². The summed E-state index contributed by atoms with van der Waals surface area (Å²) >= 11 is 0. The smallest absolute Gasteiger partial charge is 0.00462 e. The second-order valence-electron chi connectivity index (χ2n) is 5.05.